The van der Waals surface area contributed by atoms with Crippen LogP contribution < -0.4 is 5.46 Å². The summed E-state index contributed by atoms with van der Waals surface area (Å²) in [5, 5.41) is 18.2. The Morgan fingerprint density at radius 2 is 2.00 bits per heavy atom. The molecule has 1 aromatic rings. The molecule has 0 amide bonds. The minimum atomic E-state index is -1.52. The van der Waals surface area contributed by atoms with Crippen LogP contribution in [0.4, 0.5) is 0 Å². The van der Waals surface area contributed by atoms with Crippen LogP contribution in [-0.2, 0) is 0 Å². The van der Waals surface area contributed by atoms with E-state index >= 15 is 0 Å². The van der Waals surface area contributed by atoms with Crippen LogP contribution in [0, 0.1) is 6.92 Å². The summed E-state index contributed by atoms with van der Waals surface area (Å²) in [7, 11) is -1.52. The van der Waals surface area contributed by atoms with Crippen molar-refractivity contribution in [3.63, 3.8) is 0 Å². The predicted octanol–water partition coefficient (Wildman–Crippen LogP) is 1.09. The molecule has 0 radical (unpaired) electrons. The molecule has 1 aromatic carbocycles. The zero-order valence-corrected chi connectivity index (χ0v) is 8.72. The summed E-state index contributed by atoms with van der Waals surface area (Å²) < 4.78 is 0.785. The van der Waals surface area contributed by atoms with Crippen LogP contribution in [0.15, 0.2) is 16.6 Å². The van der Waals surface area contributed by atoms with Crippen LogP contribution in [0.3, 0.4) is 0 Å². The fourth-order valence-electron chi connectivity index (χ4n) is 0.939. The Morgan fingerprint density at radius 3 is 2.50 bits per heavy atom. The Morgan fingerprint density at radius 1 is 1.42 bits per heavy atom. The molecule has 0 fully saturated rings. The Kier molecular flexibility index (Phi) is 3.18. The van der Waals surface area contributed by atoms with Crippen molar-refractivity contribution in [2.75, 3.05) is 0 Å². The van der Waals surface area contributed by atoms with Gasteiger partial charge in [-0.2, -0.15) is 0 Å². The third-order valence-electron chi connectivity index (χ3n) is 1.53. The maximum absolute atomic E-state index is 8.90. The van der Waals surface area contributed by atoms with Crippen LogP contribution >= 0.6 is 27.5 Å². The van der Waals surface area contributed by atoms with Gasteiger partial charge in [-0.15, -0.1) is 0 Å². The third-order valence-corrected chi connectivity index (χ3v) is 2.50. The lowest BCUT2D eigenvalue weighted by Crippen LogP contribution is -2.31. The van der Waals surface area contributed by atoms with E-state index in [1.807, 2.05) is 6.07 Å². The smallest absolute Gasteiger partial charge is 0.423 e. The highest BCUT2D eigenvalue weighted by Gasteiger charge is 2.16. The van der Waals surface area contributed by atoms with E-state index in [0.29, 0.717) is 10.5 Å². The molecule has 0 aliphatic carbocycles. The molecule has 12 heavy (non-hydrogen) atoms. The Labute approximate surface area is 84.4 Å². The summed E-state index contributed by atoms with van der Waals surface area (Å²) in [6, 6.07) is 3.40. The number of hydrogen-bond donors (Lipinski definition) is 2. The number of benzene rings is 1. The Hall–Kier alpha value is -0.0251. The van der Waals surface area contributed by atoms with E-state index in [1.54, 1.807) is 13.0 Å². The zero-order valence-electron chi connectivity index (χ0n) is 6.38. The molecule has 2 nitrogen and oxygen atoms in total. The first kappa shape index (κ1) is 10.1. The molecule has 0 heterocycles. The van der Waals surface area contributed by atoms with Crippen molar-refractivity contribution in [2.24, 2.45) is 0 Å². The van der Waals surface area contributed by atoms with Crippen molar-refractivity contribution in [2.45, 2.75) is 6.92 Å². The second kappa shape index (κ2) is 3.79. The summed E-state index contributed by atoms with van der Waals surface area (Å²) >= 11 is 9.05. The summed E-state index contributed by atoms with van der Waals surface area (Å²) in [4.78, 5) is 0. The fourth-order valence-corrected chi connectivity index (χ4v) is 1.74. The van der Waals surface area contributed by atoms with Gasteiger partial charge in [-0.05, 0) is 24.6 Å². The van der Waals surface area contributed by atoms with Gasteiger partial charge >= 0.3 is 7.12 Å². The summed E-state index contributed by atoms with van der Waals surface area (Å²) in [5.74, 6) is 0. The lowest BCUT2D eigenvalue weighted by Gasteiger charge is -2.06. The fraction of sp³-hybridized carbons (Fsp3) is 0.143. The topological polar surface area (TPSA) is 40.5 Å². The second-order valence-electron chi connectivity index (χ2n) is 2.50. The van der Waals surface area contributed by atoms with Crippen LogP contribution in [-0.4, -0.2) is 17.2 Å². The van der Waals surface area contributed by atoms with E-state index in [9.17, 15) is 0 Å². The van der Waals surface area contributed by atoms with Crippen LogP contribution in [0.1, 0.15) is 5.56 Å². The van der Waals surface area contributed by atoms with E-state index in [0.717, 1.165) is 10.0 Å². The second-order valence-corrected chi connectivity index (χ2v) is 3.79. The van der Waals surface area contributed by atoms with Gasteiger partial charge in [0.25, 0.3) is 0 Å². The van der Waals surface area contributed by atoms with Gasteiger partial charge in [0.2, 0.25) is 0 Å². The Balaban J connectivity index is 3.28. The van der Waals surface area contributed by atoms with Gasteiger partial charge in [-0.3, -0.25) is 0 Å². The van der Waals surface area contributed by atoms with Gasteiger partial charge in [0.1, 0.15) is 0 Å². The highest BCUT2D eigenvalue weighted by molar-refractivity contribution is 9.10. The van der Waals surface area contributed by atoms with E-state index in [2.05, 4.69) is 15.9 Å². The first-order valence-electron chi connectivity index (χ1n) is 3.34. The molecule has 64 valence electrons. The quantitative estimate of drug-likeness (QED) is 0.731. The molecule has 0 atom stereocenters. The minimum absolute atomic E-state index is 0.323. The molecule has 0 aliphatic rings. The summed E-state index contributed by atoms with van der Waals surface area (Å²) in [6.45, 7) is 1.80. The maximum Gasteiger partial charge on any atom is 0.490 e. The molecular formula is C7H7BBrClO2. The molecule has 0 unspecified atom stereocenters. The van der Waals surface area contributed by atoms with E-state index in [-0.39, 0.29) is 0 Å². The van der Waals surface area contributed by atoms with Gasteiger partial charge < -0.3 is 10.0 Å². The van der Waals surface area contributed by atoms with Crippen molar-refractivity contribution < 1.29 is 10.0 Å². The molecule has 0 spiro atoms. The highest BCUT2D eigenvalue weighted by Crippen LogP contribution is 2.18. The molecule has 0 aromatic heterocycles. The van der Waals surface area contributed by atoms with Crippen molar-refractivity contribution in [1.29, 1.82) is 0 Å². The molecule has 0 aliphatic heterocycles. The average Bonchev–Trinajstić information content (AvgIpc) is 1.96. The van der Waals surface area contributed by atoms with Crippen LogP contribution in [0.2, 0.25) is 5.02 Å². The van der Waals surface area contributed by atoms with E-state index in [4.69, 9.17) is 21.6 Å². The normalized spacial score (nSPS) is 10.1. The molecule has 5 heteroatoms. The predicted molar refractivity (Wildman–Crippen MR) is 53.7 cm³/mol. The molecule has 0 saturated heterocycles. The minimum Gasteiger partial charge on any atom is -0.423 e. The first-order chi connectivity index (χ1) is 5.52. The lowest BCUT2D eigenvalue weighted by molar-refractivity contribution is 0.426. The molecule has 2 N–H and O–H groups in total. The van der Waals surface area contributed by atoms with Gasteiger partial charge in [0.05, 0.1) is 0 Å². The van der Waals surface area contributed by atoms with Crippen molar-refractivity contribution in [3.8, 4) is 0 Å². The lowest BCUT2D eigenvalue weighted by atomic mass is 9.79. The SMILES string of the molecule is Cc1cc(Br)cc(B(O)O)c1Cl. The third kappa shape index (κ3) is 2.01. The van der Waals surface area contributed by atoms with Gasteiger partial charge in [0.15, 0.2) is 0 Å². The first-order valence-corrected chi connectivity index (χ1v) is 4.51. The zero-order chi connectivity index (χ0) is 9.30. The molecule has 0 bridgehead atoms. The number of halogens is 2. The number of rotatable bonds is 1. The Bertz CT molecular complexity index is 304. The standard InChI is InChI=1S/C7H7BBrClO2/c1-4-2-5(9)3-6(7(4)10)8(11)12/h2-3,11-12H,1H3. The van der Waals surface area contributed by atoms with E-state index in [1.165, 1.54) is 0 Å². The van der Waals surface area contributed by atoms with Crippen molar-refractivity contribution in [1.82, 2.24) is 0 Å². The van der Waals surface area contributed by atoms with Gasteiger partial charge in [-0.25, -0.2) is 0 Å². The van der Waals surface area contributed by atoms with Crippen molar-refractivity contribution in [3.05, 3.63) is 27.2 Å². The number of hydrogen-bond acceptors (Lipinski definition) is 2. The number of aryl methyl sites for hydroxylation is 1. The largest absolute Gasteiger partial charge is 0.490 e. The summed E-state index contributed by atoms with van der Waals surface area (Å²) in [5.41, 5.74) is 1.14. The average molecular weight is 249 g/mol. The van der Waals surface area contributed by atoms with Crippen molar-refractivity contribution >= 4 is 40.1 Å². The van der Waals surface area contributed by atoms with Gasteiger partial charge in [0, 0.05) is 15.0 Å². The highest BCUT2D eigenvalue weighted by atomic mass is 79.9. The monoisotopic (exact) mass is 248 g/mol. The maximum atomic E-state index is 8.90. The molecular weight excluding hydrogens is 242 g/mol. The van der Waals surface area contributed by atoms with Crippen LogP contribution in [0.5, 0.6) is 0 Å². The van der Waals surface area contributed by atoms with Gasteiger partial charge in [-0.1, -0.05) is 27.5 Å². The summed E-state index contributed by atoms with van der Waals surface area (Å²) in [6.07, 6.45) is 0. The molecule has 0 saturated carbocycles. The van der Waals surface area contributed by atoms with E-state index < -0.39 is 7.12 Å². The molecule has 1 rings (SSSR count). The van der Waals surface area contributed by atoms with Crippen LogP contribution in [0.25, 0.3) is 0 Å².